The van der Waals surface area contributed by atoms with E-state index in [2.05, 4.69) is 0 Å². The largest absolute Gasteiger partial charge is 0.396 e. The number of hydrogen-bond acceptors (Lipinski definition) is 2. The minimum atomic E-state index is -0.291. The fourth-order valence-electron chi connectivity index (χ4n) is 1.45. The van der Waals surface area contributed by atoms with Crippen LogP contribution in [0.4, 0.5) is 4.39 Å². The molecule has 1 rings (SSSR count). The summed E-state index contributed by atoms with van der Waals surface area (Å²) in [5, 5.41) is 8.98. The molecule has 1 aromatic rings. The summed E-state index contributed by atoms with van der Waals surface area (Å²) in [6.07, 6.45) is 0. The molecule has 0 bridgehead atoms. The minimum Gasteiger partial charge on any atom is -0.396 e. The molecule has 0 radical (unpaired) electrons. The van der Waals surface area contributed by atoms with Crippen LogP contribution in [0, 0.1) is 12.7 Å². The van der Waals surface area contributed by atoms with E-state index in [-0.39, 0.29) is 24.9 Å². The summed E-state index contributed by atoms with van der Waals surface area (Å²) >= 11 is 0. The lowest BCUT2D eigenvalue weighted by atomic mass is 9.95. The number of aliphatic hydroxyl groups excluding tert-OH is 1. The first-order valence-corrected chi connectivity index (χ1v) is 4.26. The molecule has 0 aliphatic rings. The maximum Gasteiger partial charge on any atom is 0.127 e. The van der Waals surface area contributed by atoms with Crippen molar-refractivity contribution in [1.29, 1.82) is 0 Å². The molecule has 0 spiro atoms. The van der Waals surface area contributed by atoms with E-state index >= 15 is 0 Å². The van der Waals surface area contributed by atoms with E-state index in [4.69, 9.17) is 10.8 Å². The van der Waals surface area contributed by atoms with Crippen molar-refractivity contribution in [3.63, 3.8) is 0 Å². The van der Waals surface area contributed by atoms with Crippen molar-refractivity contribution in [2.45, 2.75) is 12.8 Å². The Balaban J connectivity index is 3.10. The number of nitrogens with two attached hydrogens (primary N) is 1. The lowest BCUT2D eigenvalue weighted by Crippen LogP contribution is -2.18. The summed E-state index contributed by atoms with van der Waals surface area (Å²) in [6.45, 7) is 1.97. The van der Waals surface area contributed by atoms with Gasteiger partial charge in [-0.15, -0.1) is 0 Å². The van der Waals surface area contributed by atoms with Gasteiger partial charge < -0.3 is 10.8 Å². The number of rotatable bonds is 3. The Hall–Kier alpha value is -0.930. The van der Waals surface area contributed by atoms with Crippen molar-refractivity contribution in [3.8, 4) is 0 Å². The summed E-state index contributed by atoms with van der Waals surface area (Å²) in [5.74, 6) is -0.578. The van der Waals surface area contributed by atoms with E-state index in [1.54, 1.807) is 6.07 Å². The van der Waals surface area contributed by atoms with Crippen LogP contribution in [-0.2, 0) is 0 Å². The van der Waals surface area contributed by atoms with E-state index in [1.165, 1.54) is 6.07 Å². The van der Waals surface area contributed by atoms with Gasteiger partial charge in [-0.1, -0.05) is 12.1 Å². The van der Waals surface area contributed by atoms with Crippen molar-refractivity contribution in [3.05, 3.63) is 35.1 Å². The Morgan fingerprint density at radius 2 is 2.23 bits per heavy atom. The summed E-state index contributed by atoms with van der Waals surface area (Å²) < 4.78 is 13.3. The van der Waals surface area contributed by atoms with Crippen molar-refractivity contribution >= 4 is 0 Å². The average molecular weight is 183 g/mol. The van der Waals surface area contributed by atoms with Gasteiger partial charge in [0.05, 0.1) is 6.61 Å². The zero-order chi connectivity index (χ0) is 9.84. The molecule has 0 aliphatic heterocycles. The van der Waals surface area contributed by atoms with Crippen molar-refractivity contribution < 1.29 is 9.50 Å². The normalized spacial score (nSPS) is 12.9. The zero-order valence-corrected chi connectivity index (χ0v) is 7.63. The molecule has 1 unspecified atom stereocenters. The number of aliphatic hydroxyl groups is 1. The molecule has 13 heavy (non-hydrogen) atoms. The molecule has 0 saturated heterocycles. The van der Waals surface area contributed by atoms with Crippen molar-refractivity contribution in [2.24, 2.45) is 5.73 Å². The molecule has 0 aromatic heterocycles. The Kier molecular flexibility index (Phi) is 3.39. The average Bonchev–Trinajstić information content (AvgIpc) is 2.11. The maximum atomic E-state index is 13.3. The van der Waals surface area contributed by atoms with Gasteiger partial charge in [0.15, 0.2) is 0 Å². The summed E-state index contributed by atoms with van der Waals surface area (Å²) in [6, 6.07) is 4.86. The highest BCUT2D eigenvalue weighted by Crippen LogP contribution is 2.21. The first-order chi connectivity index (χ1) is 6.20. The fourth-order valence-corrected chi connectivity index (χ4v) is 1.45. The molecule has 0 amide bonds. The van der Waals surface area contributed by atoms with Crippen LogP contribution in [0.3, 0.4) is 0 Å². The summed E-state index contributed by atoms with van der Waals surface area (Å²) in [7, 11) is 0. The Morgan fingerprint density at radius 3 is 2.69 bits per heavy atom. The molecule has 3 N–H and O–H groups in total. The van der Waals surface area contributed by atoms with Crippen LogP contribution >= 0.6 is 0 Å². The van der Waals surface area contributed by atoms with Crippen LogP contribution in [0.2, 0.25) is 0 Å². The molecule has 1 atom stereocenters. The molecule has 2 nitrogen and oxygen atoms in total. The minimum absolute atomic E-state index is 0.113. The van der Waals surface area contributed by atoms with E-state index in [0.717, 1.165) is 5.56 Å². The standard InChI is InChI=1S/C10H14FNO/c1-7-3-2-4-9(11)10(7)8(5-12)6-13/h2-4,8,13H,5-6,12H2,1H3. The van der Waals surface area contributed by atoms with Crippen LogP contribution in [0.1, 0.15) is 17.0 Å². The number of aryl methyl sites for hydroxylation is 1. The second kappa shape index (κ2) is 4.35. The van der Waals surface area contributed by atoms with Crippen LogP contribution in [-0.4, -0.2) is 18.3 Å². The second-order valence-electron chi connectivity index (χ2n) is 3.09. The van der Waals surface area contributed by atoms with Crippen LogP contribution in [0.15, 0.2) is 18.2 Å². The molecule has 0 aliphatic carbocycles. The smallest absolute Gasteiger partial charge is 0.127 e. The Labute approximate surface area is 77.2 Å². The maximum absolute atomic E-state index is 13.3. The highest BCUT2D eigenvalue weighted by Gasteiger charge is 2.15. The molecule has 3 heteroatoms. The summed E-state index contributed by atoms with van der Waals surface area (Å²) in [4.78, 5) is 0. The molecular weight excluding hydrogens is 169 g/mol. The fraction of sp³-hybridized carbons (Fsp3) is 0.400. The van der Waals surface area contributed by atoms with Crippen LogP contribution in [0.5, 0.6) is 0 Å². The predicted octanol–water partition coefficient (Wildman–Crippen LogP) is 1.17. The molecule has 0 saturated carbocycles. The van der Waals surface area contributed by atoms with Gasteiger partial charge in [0.2, 0.25) is 0 Å². The number of hydrogen-bond donors (Lipinski definition) is 2. The topological polar surface area (TPSA) is 46.2 Å². The van der Waals surface area contributed by atoms with Crippen LogP contribution < -0.4 is 5.73 Å². The van der Waals surface area contributed by atoms with E-state index in [9.17, 15) is 4.39 Å². The number of halogens is 1. The SMILES string of the molecule is Cc1cccc(F)c1C(CN)CO. The third-order valence-corrected chi connectivity index (χ3v) is 2.18. The zero-order valence-electron chi connectivity index (χ0n) is 7.63. The van der Waals surface area contributed by atoms with Gasteiger partial charge in [0.25, 0.3) is 0 Å². The first-order valence-electron chi connectivity index (χ1n) is 4.26. The highest BCUT2D eigenvalue weighted by atomic mass is 19.1. The monoisotopic (exact) mass is 183 g/mol. The van der Waals surface area contributed by atoms with E-state index < -0.39 is 0 Å². The van der Waals surface area contributed by atoms with Gasteiger partial charge in [-0.2, -0.15) is 0 Å². The van der Waals surface area contributed by atoms with Crippen LogP contribution in [0.25, 0.3) is 0 Å². The van der Waals surface area contributed by atoms with Gasteiger partial charge in [-0.25, -0.2) is 4.39 Å². The van der Waals surface area contributed by atoms with E-state index in [0.29, 0.717) is 5.56 Å². The number of benzene rings is 1. The Bertz CT molecular complexity index is 264. The summed E-state index contributed by atoms with van der Waals surface area (Å²) in [5.41, 5.74) is 6.80. The second-order valence-corrected chi connectivity index (χ2v) is 3.09. The first kappa shape index (κ1) is 10.2. The predicted molar refractivity (Wildman–Crippen MR) is 50.0 cm³/mol. The third kappa shape index (κ3) is 2.05. The molecule has 0 fully saturated rings. The third-order valence-electron chi connectivity index (χ3n) is 2.18. The van der Waals surface area contributed by atoms with Crippen molar-refractivity contribution in [1.82, 2.24) is 0 Å². The highest BCUT2D eigenvalue weighted by molar-refractivity contribution is 5.31. The molecular formula is C10H14FNO. The lowest BCUT2D eigenvalue weighted by Gasteiger charge is -2.15. The molecule has 1 aromatic carbocycles. The molecule has 72 valence electrons. The Morgan fingerprint density at radius 1 is 1.54 bits per heavy atom. The van der Waals surface area contributed by atoms with Gasteiger partial charge in [-0.3, -0.25) is 0 Å². The van der Waals surface area contributed by atoms with E-state index in [1.807, 2.05) is 13.0 Å². The van der Waals surface area contributed by atoms with Gasteiger partial charge >= 0.3 is 0 Å². The molecule has 0 heterocycles. The van der Waals surface area contributed by atoms with Gasteiger partial charge in [0.1, 0.15) is 5.82 Å². The van der Waals surface area contributed by atoms with Crippen molar-refractivity contribution in [2.75, 3.05) is 13.2 Å². The lowest BCUT2D eigenvalue weighted by molar-refractivity contribution is 0.264. The van der Waals surface area contributed by atoms with Gasteiger partial charge in [-0.05, 0) is 24.1 Å². The quantitative estimate of drug-likeness (QED) is 0.738. The van der Waals surface area contributed by atoms with Gasteiger partial charge in [0, 0.05) is 12.5 Å².